The van der Waals surface area contributed by atoms with E-state index in [2.05, 4.69) is 0 Å². The molecule has 4 heteroatoms. The van der Waals surface area contributed by atoms with Crippen molar-refractivity contribution in [3.63, 3.8) is 0 Å². The minimum Gasteiger partial charge on any atom is -0.393 e. The summed E-state index contributed by atoms with van der Waals surface area (Å²) in [6.45, 7) is 0.628. The van der Waals surface area contributed by atoms with Crippen LogP contribution in [0.5, 0.6) is 0 Å². The van der Waals surface area contributed by atoms with Gasteiger partial charge in [-0.15, -0.1) is 0 Å². The second kappa shape index (κ2) is 6.12. The van der Waals surface area contributed by atoms with E-state index in [-0.39, 0.29) is 6.42 Å². The molecule has 0 rings (SSSR count). The lowest BCUT2D eigenvalue weighted by Gasteiger charge is -2.06. The van der Waals surface area contributed by atoms with Gasteiger partial charge in [-0.25, -0.2) is 0 Å². The van der Waals surface area contributed by atoms with E-state index in [0.29, 0.717) is 13.0 Å². The second-order valence-electron chi connectivity index (χ2n) is 2.61. The van der Waals surface area contributed by atoms with Gasteiger partial charge in [0, 0.05) is 0 Å². The largest absolute Gasteiger partial charge is 0.393 e. The molecule has 1 atom stereocenters. The number of primary amides is 1. The molecule has 0 unspecified atom stereocenters. The number of hydrogen-bond acceptors (Lipinski definition) is 3. The molecule has 0 aliphatic heterocycles. The van der Waals surface area contributed by atoms with Gasteiger partial charge in [-0.3, -0.25) is 4.79 Å². The van der Waals surface area contributed by atoms with Crippen molar-refractivity contribution in [2.75, 3.05) is 6.54 Å². The minimum atomic E-state index is -0.584. The Bertz CT molecular complexity index is 117. The van der Waals surface area contributed by atoms with E-state index in [1.807, 2.05) is 0 Å². The standard InChI is InChI=1S/C7H16N2O2/c8-4-2-1-3-6(10)5-7(9)11/h6,10H,1-5,8H2,(H2,9,11)/t6-/m0/s1. The number of hydrogen-bond donors (Lipinski definition) is 3. The molecule has 66 valence electrons. The first-order chi connectivity index (χ1) is 5.16. The molecule has 0 aliphatic rings. The van der Waals surface area contributed by atoms with Crippen LogP contribution in [0.2, 0.25) is 0 Å². The predicted octanol–water partition coefficient (Wildman–Crippen LogP) is -0.648. The van der Waals surface area contributed by atoms with E-state index in [4.69, 9.17) is 16.6 Å². The summed E-state index contributed by atoms with van der Waals surface area (Å²) >= 11 is 0. The fourth-order valence-electron chi connectivity index (χ4n) is 0.859. The molecule has 0 bridgehead atoms. The summed E-state index contributed by atoms with van der Waals surface area (Å²) in [6.07, 6.45) is 1.82. The highest BCUT2D eigenvalue weighted by Crippen LogP contribution is 2.02. The van der Waals surface area contributed by atoms with Gasteiger partial charge in [0.05, 0.1) is 12.5 Å². The highest BCUT2D eigenvalue weighted by Gasteiger charge is 2.06. The van der Waals surface area contributed by atoms with Gasteiger partial charge < -0.3 is 16.6 Å². The first-order valence-electron chi connectivity index (χ1n) is 3.83. The minimum absolute atomic E-state index is 0.0601. The summed E-state index contributed by atoms with van der Waals surface area (Å²) in [4.78, 5) is 10.3. The van der Waals surface area contributed by atoms with Gasteiger partial charge in [0.1, 0.15) is 0 Å². The van der Waals surface area contributed by atoms with Gasteiger partial charge in [0.15, 0.2) is 0 Å². The van der Waals surface area contributed by atoms with Crippen molar-refractivity contribution in [3.8, 4) is 0 Å². The molecule has 0 aromatic carbocycles. The van der Waals surface area contributed by atoms with E-state index in [9.17, 15) is 4.79 Å². The molecule has 11 heavy (non-hydrogen) atoms. The molecular weight excluding hydrogens is 144 g/mol. The molecule has 0 saturated carbocycles. The molecule has 4 nitrogen and oxygen atoms in total. The maximum Gasteiger partial charge on any atom is 0.220 e. The number of nitrogens with two attached hydrogens (primary N) is 2. The van der Waals surface area contributed by atoms with Crippen LogP contribution in [0.3, 0.4) is 0 Å². The van der Waals surface area contributed by atoms with E-state index < -0.39 is 12.0 Å². The summed E-state index contributed by atoms with van der Waals surface area (Å²) in [5.41, 5.74) is 10.1. The van der Waals surface area contributed by atoms with Crippen LogP contribution in [0.25, 0.3) is 0 Å². The van der Waals surface area contributed by atoms with Crippen molar-refractivity contribution < 1.29 is 9.90 Å². The van der Waals surface area contributed by atoms with E-state index >= 15 is 0 Å². The molecule has 0 saturated heterocycles. The van der Waals surface area contributed by atoms with Gasteiger partial charge in [0.25, 0.3) is 0 Å². The third-order valence-electron chi connectivity index (χ3n) is 1.43. The Kier molecular flexibility index (Phi) is 5.78. The molecule has 0 spiro atoms. The zero-order chi connectivity index (χ0) is 8.69. The topological polar surface area (TPSA) is 89.3 Å². The summed E-state index contributed by atoms with van der Waals surface area (Å²) in [5.74, 6) is -0.453. The zero-order valence-corrected chi connectivity index (χ0v) is 6.62. The van der Waals surface area contributed by atoms with Crippen LogP contribution in [0.1, 0.15) is 25.7 Å². The maximum atomic E-state index is 10.3. The van der Waals surface area contributed by atoms with Gasteiger partial charge in [0.2, 0.25) is 5.91 Å². The average Bonchev–Trinajstić information content (AvgIpc) is 1.86. The Labute approximate surface area is 66.6 Å². The van der Waals surface area contributed by atoms with Crippen molar-refractivity contribution in [1.82, 2.24) is 0 Å². The van der Waals surface area contributed by atoms with Crippen LogP contribution in [-0.4, -0.2) is 23.7 Å². The van der Waals surface area contributed by atoms with Crippen LogP contribution in [0.15, 0.2) is 0 Å². The monoisotopic (exact) mass is 160 g/mol. The first kappa shape index (κ1) is 10.4. The SMILES string of the molecule is NCCCC[C@H](O)CC(N)=O. The molecule has 0 heterocycles. The van der Waals surface area contributed by atoms with Crippen molar-refractivity contribution >= 4 is 5.91 Å². The van der Waals surface area contributed by atoms with Crippen LogP contribution >= 0.6 is 0 Å². The van der Waals surface area contributed by atoms with Crippen LogP contribution < -0.4 is 11.5 Å². The molecular formula is C7H16N2O2. The third kappa shape index (κ3) is 7.29. The molecule has 0 radical (unpaired) electrons. The maximum absolute atomic E-state index is 10.3. The number of amides is 1. The van der Waals surface area contributed by atoms with Crippen molar-refractivity contribution in [2.24, 2.45) is 11.5 Å². The quantitative estimate of drug-likeness (QED) is 0.451. The molecule has 0 aliphatic carbocycles. The number of aliphatic hydroxyl groups is 1. The smallest absolute Gasteiger partial charge is 0.220 e. The first-order valence-corrected chi connectivity index (χ1v) is 3.83. The lowest BCUT2D eigenvalue weighted by Crippen LogP contribution is -2.19. The normalized spacial score (nSPS) is 12.9. The summed E-state index contributed by atoms with van der Waals surface area (Å²) in [7, 11) is 0. The number of unbranched alkanes of at least 4 members (excludes halogenated alkanes) is 1. The number of rotatable bonds is 6. The number of carbonyl (C=O) groups is 1. The second-order valence-corrected chi connectivity index (χ2v) is 2.61. The molecule has 0 aromatic heterocycles. The predicted molar refractivity (Wildman–Crippen MR) is 42.7 cm³/mol. The Morgan fingerprint density at radius 2 is 2.09 bits per heavy atom. The highest BCUT2D eigenvalue weighted by atomic mass is 16.3. The van der Waals surface area contributed by atoms with E-state index in [1.165, 1.54) is 0 Å². The summed E-state index contributed by atoms with van der Waals surface area (Å²) in [5, 5.41) is 9.10. The molecule has 1 amide bonds. The summed E-state index contributed by atoms with van der Waals surface area (Å²) in [6, 6.07) is 0. The van der Waals surface area contributed by atoms with Crippen LogP contribution in [0, 0.1) is 0 Å². The Morgan fingerprint density at radius 1 is 1.45 bits per heavy atom. The van der Waals surface area contributed by atoms with Crippen molar-refractivity contribution in [3.05, 3.63) is 0 Å². The lowest BCUT2D eigenvalue weighted by molar-refractivity contribution is -0.119. The molecule has 0 fully saturated rings. The van der Waals surface area contributed by atoms with Gasteiger partial charge >= 0.3 is 0 Å². The van der Waals surface area contributed by atoms with Crippen LogP contribution in [0.4, 0.5) is 0 Å². The number of aliphatic hydroxyl groups excluding tert-OH is 1. The van der Waals surface area contributed by atoms with E-state index in [0.717, 1.165) is 12.8 Å². The molecule has 0 aromatic rings. The molecule has 5 N–H and O–H groups in total. The Hall–Kier alpha value is -0.610. The third-order valence-corrected chi connectivity index (χ3v) is 1.43. The van der Waals surface area contributed by atoms with Gasteiger partial charge in [-0.1, -0.05) is 0 Å². The average molecular weight is 160 g/mol. The van der Waals surface area contributed by atoms with Crippen LogP contribution in [-0.2, 0) is 4.79 Å². The Balaban J connectivity index is 3.22. The number of carbonyl (C=O) groups excluding carboxylic acids is 1. The fraction of sp³-hybridized carbons (Fsp3) is 0.857. The Morgan fingerprint density at radius 3 is 2.55 bits per heavy atom. The van der Waals surface area contributed by atoms with E-state index in [1.54, 1.807) is 0 Å². The summed E-state index contributed by atoms with van der Waals surface area (Å²) < 4.78 is 0. The van der Waals surface area contributed by atoms with Gasteiger partial charge in [-0.05, 0) is 25.8 Å². The van der Waals surface area contributed by atoms with Crippen molar-refractivity contribution in [2.45, 2.75) is 31.8 Å². The lowest BCUT2D eigenvalue weighted by atomic mass is 10.1. The highest BCUT2D eigenvalue weighted by molar-refractivity contribution is 5.74. The van der Waals surface area contributed by atoms with Gasteiger partial charge in [-0.2, -0.15) is 0 Å². The zero-order valence-electron chi connectivity index (χ0n) is 6.62. The fourth-order valence-corrected chi connectivity index (χ4v) is 0.859. The van der Waals surface area contributed by atoms with Crippen molar-refractivity contribution in [1.29, 1.82) is 0 Å².